The van der Waals surface area contributed by atoms with E-state index in [-0.39, 0.29) is 12.0 Å². The molecule has 0 radical (unpaired) electrons. The molecule has 0 aromatic rings. The van der Waals surface area contributed by atoms with Gasteiger partial charge in [0.2, 0.25) is 0 Å². The number of nitriles is 1. The molecule has 0 spiro atoms. The molecule has 0 aliphatic heterocycles. The number of aliphatic hydroxyl groups excluding tert-OH is 1. The maximum Gasteiger partial charge on any atom is 0.154 e. The number of rotatable bonds is 4. The lowest BCUT2D eigenvalue weighted by atomic mass is 9.93. The minimum atomic E-state index is -0.809. The van der Waals surface area contributed by atoms with Crippen molar-refractivity contribution in [1.29, 1.82) is 5.26 Å². The van der Waals surface area contributed by atoms with E-state index < -0.39 is 11.7 Å². The molecule has 3 nitrogen and oxygen atoms in total. The van der Waals surface area contributed by atoms with Crippen molar-refractivity contribution in [2.75, 3.05) is 0 Å². The lowest BCUT2D eigenvalue weighted by Gasteiger charge is -2.31. The second-order valence-electron chi connectivity index (χ2n) is 3.94. The van der Waals surface area contributed by atoms with Crippen LogP contribution < -0.4 is 0 Å². The lowest BCUT2D eigenvalue weighted by Crippen LogP contribution is -2.39. The Balaban J connectivity index is 4.39. The van der Waals surface area contributed by atoms with E-state index >= 15 is 0 Å². The fourth-order valence-corrected chi connectivity index (χ4v) is 0.776. The third-order valence-electron chi connectivity index (χ3n) is 2.43. The Kier molecular flexibility index (Phi) is 4.38. The van der Waals surface area contributed by atoms with Gasteiger partial charge >= 0.3 is 0 Å². The van der Waals surface area contributed by atoms with Crippen LogP contribution in [0.15, 0.2) is 0 Å². The zero-order valence-electron chi connectivity index (χ0n) is 9.03. The van der Waals surface area contributed by atoms with E-state index in [9.17, 15) is 5.11 Å². The molecular formula is C10H19NO2. The van der Waals surface area contributed by atoms with Crippen molar-refractivity contribution in [3.8, 4) is 6.07 Å². The Morgan fingerprint density at radius 1 is 1.31 bits per heavy atom. The molecule has 0 rings (SSSR count). The van der Waals surface area contributed by atoms with Crippen LogP contribution in [-0.2, 0) is 4.74 Å². The number of hydrogen-bond acceptors (Lipinski definition) is 3. The van der Waals surface area contributed by atoms with Crippen molar-refractivity contribution in [3.05, 3.63) is 0 Å². The summed E-state index contributed by atoms with van der Waals surface area (Å²) in [5.74, 6) is 0.110. The van der Waals surface area contributed by atoms with Crippen LogP contribution in [0.3, 0.4) is 0 Å². The smallest absolute Gasteiger partial charge is 0.154 e. The van der Waals surface area contributed by atoms with Gasteiger partial charge in [0.1, 0.15) is 0 Å². The summed E-state index contributed by atoms with van der Waals surface area (Å²) >= 11 is 0. The summed E-state index contributed by atoms with van der Waals surface area (Å²) < 4.78 is 5.50. The molecule has 0 saturated carbocycles. The number of ether oxygens (including phenoxy) is 1. The number of hydrogen-bond donors (Lipinski definition) is 1. The van der Waals surface area contributed by atoms with Crippen LogP contribution in [0.25, 0.3) is 0 Å². The molecule has 0 aliphatic carbocycles. The first-order valence-corrected chi connectivity index (χ1v) is 4.60. The quantitative estimate of drug-likeness (QED) is 0.725. The molecule has 0 fully saturated rings. The summed E-state index contributed by atoms with van der Waals surface area (Å²) in [4.78, 5) is 0. The van der Waals surface area contributed by atoms with E-state index in [1.807, 2.05) is 13.8 Å². The van der Waals surface area contributed by atoms with E-state index in [0.717, 1.165) is 0 Å². The number of nitrogens with zero attached hydrogens (tertiary/aromatic N) is 1. The summed E-state index contributed by atoms with van der Waals surface area (Å²) in [5, 5.41) is 18.2. The fourth-order valence-electron chi connectivity index (χ4n) is 0.776. The van der Waals surface area contributed by atoms with Crippen LogP contribution in [0.4, 0.5) is 0 Å². The molecule has 13 heavy (non-hydrogen) atoms. The van der Waals surface area contributed by atoms with Crippen LogP contribution >= 0.6 is 0 Å². The number of aliphatic hydroxyl groups is 1. The first kappa shape index (κ1) is 12.4. The molecule has 0 aromatic carbocycles. The minimum absolute atomic E-state index is 0.110. The maximum absolute atomic E-state index is 9.23. The molecule has 3 unspecified atom stereocenters. The summed E-state index contributed by atoms with van der Waals surface area (Å²) in [5.41, 5.74) is -0.809. The SMILES string of the molecule is CC(O)C(C)OC(C)(C#N)C(C)C. The van der Waals surface area contributed by atoms with Crippen molar-refractivity contribution in [3.63, 3.8) is 0 Å². The Bertz CT molecular complexity index is 196. The highest BCUT2D eigenvalue weighted by Gasteiger charge is 2.32. The van der Waals surface area contributed by atoms with Crippen LogP contribution in [-0.4, -0.2) is 22.9 Å². The minimum Gasteiger partial charge on any atom is -0.391 e. The Morgan fingerprint density at radius 3 is 2.00 bits per heavy atom. The average Bonchev–Trinajstić information content (AvgIpc) is 2.03. The predicted octanol–water partition coefficient (Wildman–Crippen LogP) is 1.71. The first-order chi connectivity index (χ1) is 5.83. The van der Waals surface area contributed by atoms with Crippen LogP contribution in [0.5, 0.6) is 0 Å². The van der Waals surface area contributed by atoms with Gasteiger partial charge in [-0.2, -0.15) is 5.26 Å². The van der Waals surface area contributed by atoms with Gasteiger partial charge in [0.15, 0.2) is 5.60 Å². The van der Waals surface area contributed by atoms with Gasteiger partial charge in [-0.3, -0.25) is 0 Å². The van der Waals surface area contributed by atoms with Gasteiger partial charge in [0.05, 0.1) is 18.3 Å². The van der Waals surface area contributed by atoms with Crippen LogP contribution in [0.1, 0.15) is 34.6 Å². The topological polar surface area (TPSA) is 53.2 Å². The zero-order valence-corrected chi connectivity index (χ0v) is 9.03. The zero-order chi connectivity index (χ0) is 10.6. The molecular weight excluding hydrogens is 166 g/mol. The molecule has 1 N–H and O–H groups in total. The first-order valence-electron chi connectivity index (χ1n) is 4.60. The molecule has 0 saturated heterocycles. The fraction of sp³-hybridized carbons (Fsp3) is 0.900. The highest BCUT2D eigenvalue weighted by Crippen LogP contribution is 2.23. The van der Waals surface area contributed by atoms with E-state index in [1.54, 1.807) is 20.8 Å². The summed E-state index contributed by atoms with van der Waals surface area (Å²) in [6.07, 6.45) is -0.863. The lowest BCUT2D eigenvalue weighted by molar-refractivity contribution is -0.106. The predicted molar refractivity (Wildman–Crippen MR) is 51.1 cm³/mol. The van der Waals surface area contributed by atoms with Crippen LogP contribution in [0, 0.1) is 17.2 Å². The van der Waals surface area contributed by atoms with Gasteiger partial charge in [-0.05, 0) is 26.7 Å². The molecule has 3 heteroatoms. The van der Waals surface area contributed by atoms with Crippen molar-refractivity contribution in [2.24, 2.45) is 5.92 Å². The molecule has 0 heterocycles. The van der Waals surface area contributed by atoms with Crippen molar-refractivity contribution in [1.82, 2.24) is 0 Å². The monoisotopic (exact) mass is 185 g/mol. The highest BCUT2D eigenvalue weighted by atomic mass is 16.5. The van der Waals surface area contributed by atoms with Gasteiger partial charge in [-0.15, -0.1) is 0 Å². The van der Waals surface area contributed by atoms with Crippen LogP contribution in [0.2, 0.25) is 0 Å². The molecule has 76 valence electrons. The third kappa shape index (κ3) is 3.33. The molecule has 3 atom stereocenters. The van der Waals surface area contributed by atoms with Gasteiger partial charge in [-0.25, -0.2) is 0 Å². The van der Waals surface area contributed by atoms with Crippen molar-refractivity contribution in [2.45, 2.75) is 52.4 Å². The normalized spacial score (nSPS) is 20.5. The van der Waals surface area contributed by atoms with Gasteiger partial charge in [0.25, 0.3) is 0 Å². The Hall–Kier alpha value is -0.590. The van der Waals surface area contributed by atoms with Crippen molar-refractivity contribution < 1.29 is 9.84 Å². The van der Waals surface area contributed by atoms with Gasteiger partial charge in [0, 0.05) is 0 Å². The Morgan fingerprint density at radius 2 is 1.77 bits per heavy atom. The molecule has 0 bridgehead atoms. The standard InChI is InChI=1S/C10H19NO2/c1-7(2)10(5,6-11)13-9(4)8(3)12/h7-9,12H,1-5H3. The summed E-state index contributed by atoms with van der Waals surface area (Å²) in [6.45, 7) is 9.03. The van der Waals surface area contributed by atoms with Gasteiger partial charge in [-0.1, -0.05) is 13.8 Å². The average molecular weight is 185 g/mol. The van der Waals surface area contributed by atoms with E-state index in [0.29, 0.717) is 0 Å². The molecule has 0 amide bonds. The third-order valence-corrected chi connectivity index (χ3v) is 2.43. The maximum atomic E-state index is 9.23. The van der Waals surface area contributed by atoms with E-state index in [4.69, 9.17) is 10.00 Å². The summed E-state index contributed by atoms with van der Waals surface area (Å²) in [6, 6.07) is 2.13. The van der Waals surface area contributed by atoms with E-state index in [1.165, 1.54) is 0 Å². The van der Waals surface area contributed by atoms with Gasteiger partial charge < -0.3 is 9.84 Å². The second kappa shape index (κ2) is 4.59. The van der Waals surface area contributed by atoms with E-state index in [2.05, 4.69) is 6.07 Å². The summed E-state index contributed by atoms with van der Waals surface area (Å²) in [7, 11) is 0. The Labute approximate surface area is 80.3 Å². The second-order valence-corrected chi connectivity index (χ2v) is 3.94. The largest absolute Gasteiger partial charge is 0.391 e. The highest BCUT2D eigenvalue weighted by molar-refractivity contribution is 5.01. The molecule has 0 aliphatic rings. The molecule has 0 aromatic heterocycles. The van der Waals surface area contributed by atoms with Crippen molar-refractivity contribution >= 4 is 0 Å².